The van der Waals surface area contributed by atoms with E-state index in [4.69, 9.17) is 28.3 Å². The van der Waals surface area contributed by atoms with Crippen LogP contribution >= 0.6 is 35.0 Å². The van der Waals surface area contributed by atoms with Gasteiger partial charge in [-0.3, -0.25) is 4.79 Å². The molecule has 0 aromatic heterocycles. The smallest absolute Gasteiger partial charge is 0.220 e. The van der Waals surface area contributed by atoms with E-state index in [0.29, 0.717) is 23.0 Å². The zero-order chi connectivity index (χ0) is 13.4. The van der Waals surface area contributed by atoms with Crippen LogP contribution in [0.2, 0.25) is 10.0 Å². The molecule has 1 aromatic rings. The summed E-state index contributed by atoms with van der Waals surface area (Å²) in [5.41, 5.74) is 1.09. The van der Waals surface area contributed by atoms with Crippen molar-refractivity contribution in [3.8, 4) is 0 Å². The van der Waals surface area contributed by atoms with E-state index in [1.165, 1.54) is 0 Å². The molecule has 0 unspecified atom stereocenters. The molecule has 1 amide bonds. The highest BCUT2D eigenvalue weighted by molar-refractivity contribution is 7.98. The third-order valence-corrected chi connectivity index (χ3v) is 3.93. The second-order valence-corrected chi connectivity index (χ2v) is 5.54. The maximum absolute atomic E-state index is 11.2. The Morgan fingerprint density at radius 2 is 2.11 bits per heavy atom. The Kier molecular flexibility index (Phi) is 7.51. The molecule has 0 aliphatic heterocycles. The fourth-order valence-electron chi connectivity index (χ4n) is 1.27. The first-order chi connectivity index (χ1) is 8.63. The zero-order valence-electron chi connectivity index (χ0n) is 9.79. The number of carbonyl (C=O) groups excluding carboxylic acids is 1. The summed E-state index contributed by atoms with van der Waals surface area (Å²) in [7, 11) is 0. The predicted molar refractivity (Wildman–Crippen MR) is 77.3 cm³/mol. The second-order valence-electron chi connectivity index (χ2n) is 3.62. The van der Waals surface area contributed by atoms with Gasteiger partial charge < -0.3 is 10.4 Å². The lowest BCUT2D eigenvalue weighted by Crippen LogP contribution is -2.26. The van der Waals surface area contributed by atoms with Gasteiger partial charge in [-0.15, -0.1) is 0 Å². The summed E-state index contributed by atoms with van der Waals surface area (Å²) < 4.78 is 0. The second kappa shape index (κ2) is 8.64. The number of hydrogen-bond donors (Lipinski definition) is 2. The van der Waals surface area contributed by atoms with E-state index in [9.17, 15) is 4.79 Å². The number of benzene rings is 1. The van der Waals surface area contributed by atoms with E-state index in [2.05, 4.69) is 5.32 Å². The molecule has 0 atom stereocenters. The van der Waals surface area contributed by atoms with E-state index < -0.39 is 0 Å². The van der Waals surface area contributed by atoms with Crippen molar-refractivity contribution in [2.75, 3.05) is 18.9 Å². The number of rotatable bonds is 7. The molecule has 100 valence electrons. The molecule has 0 radical (unpaired) electrons. The van der Waals surface area contributed by atoms with Crippen molar-refractivity contribution in [1.29, 1.82) is 0 Å². The van der Waals surface area contributed by atoms with Crippen LogP contribution in [0.15, 0.2) is 18.2 Å². The van der Waals surface area contributed by atoms with Gasteiger partial charge in [0.1, 0.15) is 0 Å². The highest BCUT2D eigenvalue weighted by Gasteiger charge is 2.02. The van der Waals surface area contributed by atoms with Crippen LogP contribution in [0.25, 0.3) is 0 Å². The van der Waals surface area contributed by atoms with Crippen molar-refractivity contribution in [2.45, 2.75) is 12.2 Å². The molecule has 0 saturated heterocycles. The first-order valence-electron chi connectivity index (χ1n) is 5.52. The Balaban J connectivity index is 2.21. The van der Waals surface area contributed by atoms with Crippen molar-refractivity contribution in [3.63, 3.8) is 0 Å². The Labute approximate surface area is 121 Å². The molecule has 0 spiro atoms. The molecule has 1 rings (SSSR count). The first-order valence-corrected chi connectivity index (χ1v) is 7.43. The average Bonchev–Trinajstić information content (AvgIpc) is 2.36. The number of halogens is 2. The third-order valence-electron chi connectivity index (χ3n) is 2.16. The SMILES string of the molecule is O=C(CCSCc1ccc(Cl)c(Cl)c1)NCCO. The number of aliphatic hydroxyl groups is 1. The van der Waals surface area contributed by atoms with Crippen molar-refractivity contribution in [1.82, 2.24) is 5.32 Å². The van der Waals surface area contributed by atoms with Gasteiger partial charge in [-0.2, -0.15) is 11.8 Å². The molecule has 0 saturated carbocycles. The molecule has 0 aliphatic carbocycles. The van der Waals surface area contributed by atoms with E-state index >= 15 is 0 Å². The van der Waals surface area contributed by atoms with Crippen molar-refractivity contribution < 1.29 is 9.90 Å². The summed E-state index contributed by atoms with van der Waals surface area (Å²) in [6.07, 6.45) is 0.450. The lowest BCUT2D eigenvalue weighted by Gasteiger charge is -2.04. The maximum atomic E-state index is 11.2. The van der Waals surface area contributed by atoms with Crippen LogP contribution in [-0.2, 0) is 10.5 Å². The van der Waals surface area contributed by atoms with Crippen LogP contribution in [0.4, 0.5) is 0 Å². The Morgan fingerprint density at radius 1 is 1.33 bits per heavy atom. The Hall–Kier alpha value is -0.420. The number of thioether (sulfide) groups is 1. The van der Waals surface area contributed by atoms with Crippen LogP contribution in [0.3, 0.4) is 0 Å². The molecule has 18 heavy (non-hydrogen) atoms. The molecular weight excluding hydrogens is 293 g/mol. The molecule has 0 heterocycles. The van der Waals surface area contributed by atoms with Crippen LogP contribution in [-0.4, -0.2) is 29.9 Å². The predicted octanol–water partition coefficient (Wildman–Crippen LogP) is 2.73. The summed E-state index contributed by atoms with van der Waals surface area (Å²) in [4.78, 5) is 11.2. The summed E-state index contributed by atoms with van der Waals surface area (Å²) in [6.45, 7) is 0.290. The maximum Gasteiger partial charge on any atom is 0.220 e. The van der Waals surface area contributed by atoms with Crippen molar-refractivity contribution in [3.05, 3.63) is 33.8 Å². The lowest BCUT2D eigenvalue weighted by molar-refractivity contribution is -0.120. The highest BCUT2D eigenvalue weighted by atomic mass is 35.5. The van der Waals surface area contributed by atoms with Crippen LogP contribution in [0.1, 0.15) is 12.0 Å². The quantitative estimate of drug-likeness (QED) is 0.762. The molecular formula is C12H15Cl2NO2S. The highest BCUT2D eigenvalue weighted by Crippen LogP contribution is 2.24. The summed E-state index contributed by atoms with van der Waals surface area (Å²) in [5.74, 6) is 1.49. The van der Waals surface area contributed by atoms with Gasteiger partial charge in [0.2, 0.25) is 5.91 Å². The monoisotopic (exact) mass is 307 g/mol. The van der Waals surface area contributed by atoms with E-state index in [0.717, 1.165) is 17.1 Å². The van der Waals surface area contributed by atoms with Crippen molar-refractivity contribution in [2.24, 2.45) is 0 Å². The number of carbonyl (C=O) groups is 1. The Morgan fingerprint density at radius 3 is 2.78 bits per heavy atom. The molecule has 0 bridgehead atoms. The minimum absolute atomic E-state index is 0.0256. The lowest BCUT2D eigenvalue weighted by atomic mass is 10.2. The minimum Gasteiger partial charge on any atom is -0.395 e. The largest absolute Gasteiger partial charge is 0.395 e. The minimum atomic E-state index is -0.0364. The molecule has 1 aromatic carbocycles. The van der Waals surface area contributed by atoms with Gasteiger partial charge in [0.15, 0.2) is 0 Å². The van der Waals surface area contributed by atoms with Gasteiger partial charge in [0.25, 0.3) is 0 Å². The molecule has 2 N–H and O–H groups in total. The number of aliphatic hydroxyl groups excluding tert-OH is 1. The topological polar surface area (TPSA) is 49.3 Å². The van der Waals surface area contributed by atoms with Crippen LogP contribution < -0.4 is 5.32 Å². The number of amides is 1. The first kappa shape index (κ1) is 15.6. The summed E-state index contributed by atoms with van der Waals surface area (Å²) >= 11 is 13.4. The van der Waals surface area contributed by atoms with Gasteiger partial charge in [0.05, 0.1) is 16.7 Å². The zero-order valence-corrected chi connectivity index (χ0v) is 12.1. The van der Waals surface area contributed by atoms with E-state index in [1.54, 1.807) is 17.8 Å². The molecule has 6 heteroatoms. The summed E-state index contributed by atoms with van der Waals surface area (Å²) in [6, 6.07) is 5.53. The van der Waals surface area contributed by atoms with Gasteiger partial charge in [0, 0.05) is 24.5 Å². The number of nitrogens with one attached hydrogen (secondary N) is 1. The standard InChI is InChI=1S/C12H15Cl2NO2S/c13-10-2-1-9(7-11(10)14)8-18-6-3-12(17)15-4-5-16/h1-2,7,16H,3-6,8H2,(H,15,17). The summed E-state index contributed by atoms with van der Waals surface area (Å²) in [5, 5.41) is 12.2. The number of hydrogen-bond acceptors (Lipinski definition) is 3. The fourth-order valence-corrected chi connectivity index (χ4v) is 2.48. The van der Waals surface area contributed by atoms with E-state index in [1.807, 2.05) is 12.1 Å². The van der Waals surface area contributed by atoms with Gasteiger partial charge >= 0.3 is 0 Å². The third kappa shape index (κ3) is 5.96. The van der Waals surface area contributed by atoms with Crippen LogP contribution in [0.5, 0.6) is 0 Å². The van der Waals surface area contributed by atoms with Gasteiger partial charge in [-0.1, -0.05) is 29.3 Å². The normalized spacial score (nSPS) is 10.4. The Bertz CT molecular complexity index is 402. The molecule has 0 fully saturated rings. The fraction of sp³-hybridized carbons (Fsp3) is 0.417. The van der Waals surface area contributed by atoms with Gasteiger partial charge in [-0.05, 0) is 17.7 Å². The van der Waals surface area contributed by atoms with Gasteiger partial charge in [-0.25, -0.2) is 0 Å². The van der Waals surface area contributed by atoms with Crippen molar-refractivity contribution >= 4 is 40.9 Å². The van der Waals surface area contributed by atoms with Crippen LogP contribution in [0, 0.1) is 0 Å². The molecule has 0 aliphatic rings. The molecule has 3 nitrogen and oxygen atoms in total. The van der Waals surface area contributed by atoms with E-state index in [-0.39, 0.29) is 12.5 Å². The average molecular weight is 308 g/mol.